The van der Waals surface area contributed by atoms with Gasteiger partial charge in [-0.25, -0.2) is 4.18 Å². The van der Waals surface area contributed by atoms with Crippen molar-refractivity contribution in [1.82, 2.24) is 0 Å². The largest absolute Gasteiger partial charge is 0.400 e. The van der Waals surface area contributed by atoms with Crippen molar-refractivity contribution in [3.05, 3.63) is 0 Å². The lowest BCUT2D eigenvalue weighted by atomic mass is 9.93. The molecule has 0 fully saturated rings. The average Bonchev–Trinajstić information content (AvgIpc) is 2.18. The van der Waals surface area contributed by atoms with E-state index in [0.29, 0.717) is 0 Å². The second-order valence-corrected chi connectivity index (χ2v) is 4.58. The highest BCUT2D eigenvalue weighted by atomic mass is 32.3. The normalized spacial score (nSPS) is 13.0. The summed E-state index contributed by atoms with van der Waals surface area (Å²) < 4.78 is 31.2. The van der Waals surface area contributed by atoms with Gasteiger partial charge >= 0.3 is 10.4 Å². The molecule has 3 N–H and O–H groups in total. The molecule has 0 amide bonds. The minimum absolute atomic E-state index is 0.0172. The quantitative estimate of drug-likeness (QED) is 0.475. The number of hydrogen-bond donors (Lipinski definition) is 3. The van der Waals surface area contributed by atoms with E-state index in [1.807, 2.05) is 0 Å². The van der Waals surface area contributed by atoms with Gasteiger partial charge in [-0.15, -0.1) is 0 Å². The Balaban J connectivity index is 4.85. The van der Waals surface area contributed by atoms with Gasteiger partial charge in [0.05, 0.1) is 12.7 Å². The van der Waals surface area contributed by atoms with Gasteiger partial charge in [0.25, 0.3) is 0 Å². The molecule has 0 bridgehead atoms. The maximum atomic E-state index is 11.2. The zero-order valence-corrected chi connectivity index (χ0v) is 9.94. The van der Waals surface area contributed by atoms with Crippen LogP contribution in [0.2, 0.25) is 0 Å². The Morgan fingerprint density at radius 1 is 1.00 bits per heavy atom. The van der Waals surface area contributed by atoms with Gasteiger partial charge < -0.3 is 15.3 Å². The molecule has 0 aliphatic carbocycles. The molecule has 0 atom stereocenters. The number of hydrogen-bond acceptors (Lipinski definition) is 7. The lowest BCUT2D eigenvalue weighted by molar-refractivity contribution is -0.00574. The smallest absolute Gasteiger partial charge is 0.396 e. The van der Waals surface area contributed by atoms with E-state index < -0.39 is 16.0 Å². The lowest BCUT2D eigenvalue weighted by Gasteiger charge is -2.30. The predicted molar refractivity (Wildman–Crippen MR) is 54.9 cm³/mol. The molecule has 16 heavy (non-hydrogen) atoms. The van der Waals surface area contributed by atoms with Gasteiger partial charge in [0.2, 0.25) is 0 Å². The van der Waals surface area contributed by atoms with Crippen LogP contribution in [0.3, 0.4) is 0 Å². The molecule has 0 rings (SSSR count). The summed E-state index contributed by atoms with van der Waals surface area (Å²) in [7, 11) is -3.24. The summed E-state index contributed by atoms with van der Waals surface area (Å²) in [5.41, 5.74) is -1.33. The highest BCUT2D eigenvalue weighted by Crippen LogP contribution is 2.27. The lowest BCUT2D eigenvalue weighted by Crippen LogP contribution is -2.38. The van der Waals surface area contributed by atoms with Crippen LogP contribution in [0.25, 0.3) is 0 Å². The molecule has 0 saturated heterocycles. The van der Waals surface area contributed by atoms with E-state index in [9.17, 15) is 8.42 Å². The average molecular weight is 258 g/mol. The standard InChI is InChI=1S/C8H18O7S/c1-14-16(12,13)15-8(2-5-9,3-6-10)4-7-11/h9-11H,2-7H2,1H3. The van der Waals surface area contributed by atoms with Gasteiger partial charge in [0, 0.05) is 39.1 Å². The van der Waals surface area contributed by atoms with Crippen LogP contribution in [0.1, 0.15) is 19.3 Å². The van der Waals surface area contributed by atoms with Crippen molar-refractivity contribution in [3.8, 4) is 0 Å². The van der Waals surface area contributed by atoms with Crippen molar-refractivity contribution in [2.45, 2.75) is 24.9 Å². The van der Waals surface area contributed by atoms with E-state index in [1.54, 1.807) is 0 Å². The molecular weight excluding hydrogens is 240 g/mol. The summed E-state index contributed by atoms with van der Waals surface area (Å²) in [6.45, 7) is -0.961. The van der Waals surface area contributed by atoms with Crippen molar-refractivity contribution in [1.29, 1.82) is 0 Å². The minimum atomic E-state index is -4.18. The fraction of sp³-hybridized carbons (Fsp3) is 1.00. The van der Waals surface area contributed by atoms with Gasteiger partial charge in [-0.05, 0) is 0 Å². The topological polar surface area (TPSA) is 113 Å². The van der Waals surface area contributed by atoms with Crippen molar-refractivity contribution in [3.63, 3.8) is 0 Å². The van der Waals surface area contributed by atoms with Gasteiger partial charge in [0.1, 0.15) is 0 Å². The number of rotatable bonds is 9. The third kappa shape index (κ3) is 5.19. The zero-order chi connectivity index (χ0) is 12.7. The first-order valence-electron chi connectivity index (χ1n) is 4.79. The van der Waals surface area contributed by atoms with Crippen LogP contribution in [0.4, 0.5) is 0 Å². The maximum Gasteiger partial charge on any atom is 0.400 e. The Bertz CT molecular complexity index is 257. The Kier molecular flexibility index (Phi) is 7.04. The maximum absolute atomic E-state index is 11.2. The molecule has 0 aromatic rings. The summed E-state index contributed by atoms with van der Waals surface area (Å²) in [5.74, 6) is 0. The van der Waals surface area contributed by atoms with E-state index in [1.165, 1.54) is 0 Å². The second kappa shape index (κ2) is 7.15. The summed E-state index contributed by atoms with van der Waals surface area (Å²) in [5, 5.41) is 26.5. The molecule has 0 spiro atoms. The van der Waals surface area contributed by atoms with E-state index in [-0.39, 0.29) is 39.1 Å². The van der Waals surface area contributed by atoms with Gasteiger partial charge in [0.15, 0.2) is 0 Å². The highest BCUT2D eigenvalue weighted by Gasteiger charge is 2.35. The van der Waals surface area contributed by atoms with E-state index in [2.05, 4.69) is 4.18 Å². The van der Waals surface area contributed by atoms with Crippen LogP contribution in [0, 0.1) is 0 Å². The van der Waals surface area contributed by atoms with Crippen molar-refractivity contribution >= 4 is 10.4 Å². The molecule has 8 heteroatoms. The minimum Gasteiger partial charge on any atom is -0.396 e. The van der Waals surface area contributed by atoms with Crippen LogP contribution >= 0.6 is 0 Å². The number of aliphatic hydroxyl groups is 3. The molecular formula is C8H18O7S. The van der Waals surface area contributed by atoms with Crippen molar-refractivity contribution in [2.24, 2.45) is 0 Å². The first-order chi connectivity index (χ1) is 7.45. The van der Waals surface area contributed by atoms with Crippen LogP contribution < -0.4 is 0 Å². The molecule has 0 aliphatic rings. The first-order valence-corrected chi connectivity index (χ1v) is 6.12. The molecule has 0 aromatic heterocycles. The Hall–Kier alpha value is -0.250. The SMILES string of the molecule is COS(=O)(=O)OC(CCO)(CCO)CCO. The van der Waals surface area contributed by atoms with Crippen molar-refractivity contribution in [2.75, 3.05) is 26.9 Å². The third-order valence-corrected chi connectivity index (χ3v) is 3.15. The summed E-state index contributed by atoms with van der Waals surface area (Å²) in [4.78, 5) is 0. The molecule has 0 heterocycles. The van der Waals surface area contributed by atoms with Crippen LogP contribution in [0.15, 0.2) is 0 Å². The van der Waals surface area contributed by atoms with Crippen LogP contribution in [-0.2, 0) is 18.8 Å². The molecule has 0 unspecified atom stereocenters. The summed E-state index contributed by atoms with van der Waals surface area (Å²) in [6.07, 6.45) is -0.0515. The van der Waals surface area contributed by atoms with Gasteiger partial charge in [-0.3, -0.25) is 4.18 Å². The molecule has 98 valence electrons. The molecule has 0 aromatic carbocycles. The molecule has 0 radical (unpaired) electrons. The highest BCUT2D eigenvalue weighted by molar-refractivity contribution is 7.81. The van der Waals surface area contributed by atoms with E-state index in [4.69, 9.17) is 19.5 Å². The monoisotopic (exact) mass is 258 g/mol. The first kappa shape index (κ1) is 15.8. The summed E-state index contributed by atoms with van der Waals surface area (Å²) >= 11 is 0. The Morgan fingerprint density at radius 2 is 1.38 bits per heavy atom. The molecule has 7 nitrogen and oxygen atoms in total. The predicted octanol–water partition coefficient (Wildman–Crippen LogP) is -1.22. The van der Waals surface area contributed by atoms with Crippen LogP contribution in [-0.4, -0.2) is 56.3 Å². The third-order valence-electron chi connectivity index (χ3n) is 2.19. The van der Waals surface area contributed by atoms with Crippen LogP contribution in [0.5, 0.6) is 0 Å². The fourth-order valence-corrected chi connectivity index (χ4v) is 2.11. The van der Waals surface area contributed by atoms with Gasteiger partial charge in [-0.2, -0.15) is 8.42 Å². The fourth-order valence-electron chi connectivity index (χ4n) is 1.36. The molecule has 0 aliphatic heterocycles. The zero-order valence-electron chi connectivity index (χ0n) is 9.13. The summed E-state index contributed by atoms with van der Waals surface area (Å²) in [6, 6.07) is 0. The van der Waals surface area contributed by atoms with Gasteiger partial charge in [-0.1, -0.05) is 0 Å². The van der Waals surface area contributed by atoms with E-state index >= 15 is 0 Å². The van der Waals surface area contributed by atoms with E-state index in [0.717, 1.165) is 7.11 Å². The molecule has 0 saturated carbocycles. The number of aliphatic hydroxyl groups excluding tert-OH is 3. The van der Waals surface area contributed by atoms with Crippen molar-refractivity contribution < 1.29 is 32.1 Å². The Morgan fingerprint density at radius 3 is 1.62 bits per heavy atom. The Labute approximate surface area is 94.9 Å². The second-order valence-electron chi connectivity index (χ2n) is 3.26.